The molecule has 1 aromatic heterocycles. The molecule has 1 heterocycles. The topological polar surface area (TPSA) is 91.3 Å². The maximum atomic E-state index is 12.4. The highest BCUT2D eigenvalue weighted by Crippen LogP contribution is 2.18. The van der Waals surface area contributed by atoms with E-state index >= 15 is 0 Å². The molecule has 1 amide bonds. The van der Waals surface area contributed by atoms with Gasteiger partial charge in [0, 0.05) is 24.7 Å². The molecule has 0 aliphatic carbocycles. The third-order valence-corrected chi connectivity index (χ3v) is 3.48. The number of benzene rings is 1. The number of ether oxygens (including phenoxy) is 1. The average molecular weight is 357 g/mol. The van der Waals surface area contributed by atoms with Crippen molar-refractivity contribution in [3.8, 4) is 11.6 Å². The number of para-hydroxylation sites is 1. The number of rotatable bonds is 8. The lowest BCUT2D eigenvalue weighted by Gasteiger charge is -2.30. The zero-order valence-corrected chi connectivity index (χ0v) is 15.1. The van der Waals surface area contributed by atoms with E-state index in [2.05, 4.69) is 10.3 Å². The predicted octanol–water partition coefficient (Wildman–Crippen LogP) is 0.819. The van der Waals surface area contributed by atoms with E-state index in [0.29, 0.717) is 28.2 Å². The second-order valence-electron chi connectivity index (χ2n) is 7.02. The van der Waals surface area contributed by atoms with E-state index in [1.54, 1.807) is 24.3 Å². The van der Waals surface area contributed by atoms with Gasteiger partial charge in [-0.15, -0.1) is 0 Å². The van der Waals surface area contributed by atoms with Crippen molar-refractivity contribution in [3.05, 3.63) is 54.2 Å². The van der Waals surface area contributed by atoms with Gasteiger partial charge in [0.2, 0.25) is 5.88 Å². The highest BCUT2D eigenvalue weighted by molar-refractivity contribution is 5.94. The number of nitrogens with one attached hydrogen (secondary N) is 1. The van der Waals surface area contributed by atoms with Crippen molar-refractivity contribution in [1.29, 1.82) is 0 Å². The standard InChI is InChI=1S/C19H23N3O4/c1-22(2,3)13-15(11-18(23)24)21-19(25)14-9-10-17(20-12-14)26-16-7-5-4-6-8-16/h4-10,12,15H,11,13H2,1-3H3,(H-,21,23,24,25). The van der Waals surface area contributed by atoms with Gasteiger partial charge in [-0.2, -0.15) is 0 Å². The Morgan fingerprint density at radius 2 is 1.85 bits per heavy atom. The largest absolute Gasteiger partial charge is 0.550 e. The number of carboxylic acids is 1. The first kappa shape index (κ1) is 19.4. The van der Waals surface area contributed by atoms with Crippen LogP contribution in [-0.2, 0) is 4.79 Å². The molecule has 0 aliphatic rings. The highest BCUT2D eigenvalue weighted by Gasteiger charge is 2.21. The number of aromatic nitrogens is 1. The number of carbonyl (C=O) groups excluding carboxylic acids is 2. The second kappa shape index (κ2) is 8.44. The molecule has 2 aromatic rings. The van der Waals surface area contributed by atoms with Crippen LogP contribution in [0.4, 0.5) is 0 Å². The lowest BCUT2D eigenvalue weighted by Crippen LogP contribution is -2.50. The van der Waals surface area contributed by atoms with E-state index < -0.39 is 12.0 Å². The monoisotopic (exact) mass is 357 g/mol. The number of hydrogen-bond donors (Lipinski definition) is 1. The number of carbonyl (C=O) groups is 2. The normalized spacial score (nSPS) is 12.3. The second-order valence-corrected chi connectivity index (χ2v) is 7.02. The highest BCUT2D eigenvalue weighted by atomic mass is 16.5. The van der Waals surface area contributed by atoms with E-state index in [1.807, 2.05) is 39.3 Å². The number of nitrogens with zero attached hydrogens (tertiary/aromatic N) is 2. The van der Waals surface area contributed by atoms with Crippen molar-refractivity contribution in [2.75, 3.05) is 27.7 Å². The third kappa shape index (κ3) is 6.52. The first-order valence-electron chi connectivity index (χ1n) is 8.23. The van der Waals surface area contributed by atoms with Crippen molar-refractivity contribution in [1.82, 2.24) is 10.3 Å². The Kier molecular flexibility index (Phi) is 6.30. The fourth-order valence-corrected chi connectivity index (χ4v) is 2.48. The first-order chi connectivity index (χ1) is 12.2. The van der Waals surface area contributed by atoms with Crippen LogP contribution in [0.1, 0.15) is 16.8 Å². The molecule has 2 rings (SSSR count). The van der Waals surface area contributed by atoms with E-state index in [4.69, 9.17) is 4.74 Å². The zero-order valence-electron chi connectivity index (χ0n) is 15.1. The SMILES string of the molecule is C[N+](C)(C)CC(CC(=O)[O-])NC(=O)c1ccc(Oc2ccccc2)nc1. The summed E-state index contributed by atoms with van der Waals surface area (Å²) >= 11 is 0. The molecule has 1 atom stereocenters. The van der Waals surface area contributed by atoms with Crippen LogP contribution in [0.5, 0.6) is 11.6 Å². The van der Waals surface area contributed by atoms with Crippen LogP contribution in [0.15, 0.2) is 48.7 Å². The number of hydrogen-bond acceptors (Lipinski definition) is 5. The molecule has 1 unspecified atom stereocenters. The average Bonchev–Trinajstić information content (AvgIpc) is 2.54. The van der Waals surface area contributed by atoms with Gasteiger partial charge in [0.05, 0.1) is 39.3 Å². The maximum absolute atomic E-state index is 12.4. The number of likely N-dealkylation sites (N-methyl/N-ethyl adjacent to an activating group) is 1. The van der Waals surface area contributed by atoms with Crippen molar-refractivity contribution >= 4 is 11.9 Å². The smallest absolute Gasteiger partial charge is 0.253 e. The number of amides is 1. The lowest BCUT2D eigenvalue weighted by atomic mass is 10.1. The summed E-state index contributed by atoms with van der Waals surface area (Å²) in [6.45, 7) is 0.461. The summed E-state index contributed by atoms with van der Waals surface area (Å²) in [4.78, 5) is 27.4. The molecule has 0 bridgehead atoms. The molecule has 138 valence electrons. The maximum Gasteiger partial charge on any atom is 0.253 e. The van der Waals surface area contributed by atoms with E-state index in [1.165, 1.54) is 6.20 Å². The van der Waals surface area contributed by atoms with Crippen LogP contribution < -0.4 is 15.2 Å². The molecular formula is C19H23N3O4. The van der Waals surface area contributed by atoms with Crippen LogP contribution in [0.25, 0.3) is 0 Å². The summed E-state index contributed by atoms with van der Waals surface area (Å²) in [6, 6.07) is 11.8. The Bertz CT molecular complexity index is 740. The molecule has 0 aliphatic heterocycles. The minimum Gasteiger partial charge on any atom is -0.550 e. The lowest BCUT2D eigenvalue weighted by molar-refractivity contribution is -0.871. The summed E-state index contributed by atoms with van der Waals surface area (Å²) in [6.07, 6.45) is 1.15. The van der Waals surface area contributed by atoms with Crippen molar-refractivity contribution < 1.29 is 23.9 Å². The Labute approximate surface area is 152 Å². The van der Waals surface area contributed by atoms with Gasteiger partial charge in [0.1, 0.15) is 5.75 Å². The Balaban J connectivity index is 2.02. The Morgan fingerprint density at radius 1 is 1.15 bits per heavy atom. The minimum absolute atomic E-state index is 0.246. The van der Waals surface area contributed by atoms with Gasteiger partial charge in [-0.25, -0.2) is 4.98 Å². The van der Waals surface area contributed by atoms with Gasteiger partial charge in [-0.05, 0) is 18.2 Å². The van der Waals surface area contributed by atoms with Gasteiger partial charge in [0.25, 0.3) is 5.91 Å². The summed E-state index contributed by atoms with van der Waals surface area (Å²) < 4.78 is 6.10. The van der Waals surface area contributed by atoms with Crippen LogP contribution in [0, 0.1) is 0 Å². The molecule has 0 saturated carbocycles. The molecule has 0 radical (unpaired) electrons. The third-order valence-electron chi connectivity index (χ3n) is 3.48. The summed E-state index contributed by atoms with van der Waals surface area (Å²) in [7, 11) is 5.77. The van der Waals surface area contributed by atoms with Gasteiger partial charge in [0.15, 0.2) is 0 Å². The summed E-state index contributed by atoms with van der Waals surface area (Å²) in [5.41, 5.74) is 0.329. The Morgan fingerprint density at radius 3 is 2.38 bits per heavy atom. The molecule has 26 heavy (non-hydrogen) atoms. The first-order valence-corrected chi connectivity index (χ1v) is 8.23. The fourth-order valence-electron chi connectivity index (χ4n) is 2.48. The van der Waals surface area contributed by atoms with Crippen molar-refractivity contribution in [2.24, 2.45) is 0 Å². The molecule has 1 N–H and O–H groups in total. The molecule has 0 saturated heterocycles. The number of aliphatic carboxylic acids is 1. The van der Waals surface area contributed by atoms with E-state index in [-0.39, 0.29) is 12.3 Å². The summed E-state index contributed by atoms with van der Waals surface area (Å²) in [5.74, 6) is -0.573. The van der Waals surface area contributed by atoms with E-state index in [0.717, 1.165) is 0 Å². The predicted molar refractivity (Wildman–Crippen MR) is 94.5 cm³/mol. The minimum atomic E-state index is -1.20. The van der Waals surface area contributed by atoms with Crippen LogP contribution in [0.2, 0.25) is 0 Å². The number of carboxylic acid groups (broad SMARTS) is 1. The molecule has 7 heteroatoms. The van der Waals surface area contributed by atoms with Gasteiger partial charge < -0.3 is 24.4 Å². The van der Waals surface area contributed by atoms with Gasteiger partial charge in [-0.1, -0.05) is 18.2 Å². The Hall–Kier alpha value is -2.93. The van der Waals surface area contributed by atoms with E-state index in [9.17, 15) is 14.7 Å². The van der Waals surface area contributed by atoms with Crippen LogP contribution in [0.3, 0.4) is 0 Å². The number of quaternary nitrogens is 1. The van der Waals surface area contributed by atoms with Crippen LogP contribution in [-0.4, -0.2) is 55.1 Å². The molecule has 7 nitrogen and oxygen atoms in total. The molecular weight excluding hydrogens is 334 g/mol. The summed E-state index contributed by atoms with van der Waals surface area (Å²) in [5, 5.41) is 13.7. The molecule has 1 aromatic carbocycles. The number of pyridine rings is 1. The van der Waals surface area contributed by atoms with Crippen molar-refractivity contribution in [3.63, 3.8) is 0 Å². The fraction of sp³-hybridized carbons (Fsp3) is 0.316. The van der Waals surface area contributed by atoms with Gasteiger partial charge in [-0.3, -0.25) is 4.79 Å². The van der Waals surface area contributed by atoms with Gasteiger partial charge >= 0.3 is 0 Å². The molecule has 0 spiro atoms. The van der Waals surface area contributed by atoms with Crippen LogP contribution >= 0.6 is 0 Å². The van der Waals surface area contributed by atoms with Crippen molar-refractivity contribution in [2.45, 2.75) is 12.5 Å². The quantitative estimate of drug-likeness (QED) is 0.706. The zero-order chi connectivity index (χ0) is 19.2. The molecule has 0 fully saturated rings.